The molecule has 9 nitrogen and oxygen atoms in total. The predicted octanol–water partition coefficient (Wildman–Crippen LogP) is 8.98. The molecule has 0 aliphatic rings. The summed E-state index contributed by atoms with van der Waals surface area (Å²) in [4.78, 5) is 42.8. The lowest BCUT2D eigenvalue weighted by atomic mass is 9.80. The van der Waals surface area contributed by atoms with Crippen LogP contribution in [0.3, 0.4) is 0 Å². The first-order valence-electron chi connectivity index (χ1n) is 18.8. The number of aliphatic hydroxyl groups excluding tert-OH is 1. The molecule has 6 rings (SSSR count). The lowest BCUT2D eigenvalue weighted by molar-refractivity contribution is -0.137. The van der Waals surface area contributed by atoms with E-state index in [0.29, 0.717) is 30.2 Å². The number of rotatable bonds is 13. The highest BCUT2D eigenvalue weighted by atomic mass is 16.3. The van der Waals surface area contributed by atoms with Crippen molar-refractivity contribution in [2.75, 3.05) is 0 Å². The maximum absolute atomic E-state index is 13.7. The van der Waals surface area contributed by atoms with E-state index >= 15 is 0 Å². The van der Waals surface area contributed by atoms with E-state index < -0.39 is 23.0 Å². The Kier molecular flexibility index (Phi) is 11.2. The van der Waals surface area contributed by atoms with Gasteiger partial charge >= 0.3 is 0 Å². The van der Waals surface area contributed by atoms with Gasteiger partial charge in [0.05, 0.1) is 35.5 Å². The Bertz CT molecular complexity index is 2200. The minimum atomic E-state index is -1.07. The number of nitrogens with one attached hydrogen (secondary N) is 4. The highest BCUT2D eigenvalue weighted by Gasteiger charge is 2.40. The monoisotopic (exact) mass is 736 g/mol. The van der Waals surface area contributed by atoms with Crippen LogP contribution in [0.15, 0.2) is 122 Å². The average Bonchev–Trinajstić information content (AvgIpc) is 3.86. The third-order valence-corrected chi connectivity index (χ3v) is 10.2. The lowest BCUT2D eigenvalue weighted by Gasteiger charge is -2.35. The number of carbonyl (C=O) groups is 2. The Balaban J connectivity index is 1.08. The number of nitrogens with zero attached hydrogens (tertiary/aromatic N) is 2. The Morgan fingerprint density at radius 3 is 1.73 bits per heavy atom. The summed E-state index contributed by atoms with van der Waals surface area (Å²) in [7, 11) is 0. The number of aliphatic hydroxyl groups is 1. The summed E-state index contributed by atoms with van der Waals surface area (Å²) < 4.78 is 0. The van der Waals surface area contributed by atoms with E-state index in [1.165, 1.54) is 0 Å². The van der Waals surface area contributed by atoms with E-state index in [1.807, 2.05) is 111 Å². The van der Waals surface area contributed by atoms with E-state index in [2.05, 4.69) is 65.6 Å². The lowest BCUT2D eigenvalue weighted by Crippen LogP contribution is -2.46. The van der Waals surface area contributed by atoms with Gasteiger partial charge in [0.2, 0.25) is 11.8 Å². The summed E-state index contributed by atoms with van der Waals surface area (Å²) in [5.74, 6) is 1.07. The average molecular weight is 737 g/mol. The van der Waals surface area contributed by atoms with Gasteiger partial charge in [0, 0.05) is 28.9 Å². The molecule has 5 N–H and O–H groups in total. The molecule has 2 aromatic heterocycles. The molecule has 2 amide bonds. The minimum absolute atomic E-state index is 0.0178. The Hall–Kier alpha value is -5.80. The molecule has 0 aliphatic carbocycles. The predicted molar refractivity (Wildman–Crippen MR) is 218 cm³/mol. The van der Waals surface area contributed by atoms with E-state index in [9.17, 15) is 14.7 Å². The zero-order chi connectivity index (χ0) is 39.4. The summed E-state index contributed by atoms with van der Waals surface area (Å²) in [5.41, 5.74) is 5.47. The zero-order valence-corrected chi connectivity index (χ0v) is 32.8. The largest absolute Gasteiger partial charge is 0.387 e. The number of H-pyrrole nitrogens is 2. The summed E-state index contributed by atoms with van der Waals surface area (Å²) in [5, 5.41) is 17.3. The van der Waals surface area contributed by atoms with Crippen LogP contribution in [0.2, 0.25) is 0 Å². The van der Waals surface area contributed by atoms with Crippen molar-refractivity contribution >= 4 is 11.8 Å². The van der Waals surface area contributed by atoms with Crippen molar-refractivity contribution in [1.29, 1.82) is 0 Å². The third-order valence-electron chi connectivity index (χ3n) is 10.2. The standard InChI is InChI=1S/C46H52N6O3/c1-44(2,3)39(52-43(55)46(6,7)40(53)35-16-12-9-13-17-35)41-48-28-37(51-41)34-24-20-32(21-25-34)31-18-22-33(23-19-31)36-27-47-38(50-36)29-49-42(54)45(4,5)26-30-14-10-8-11-15-30/h8-25,27-28,39-40,53H,26,29H2,1-7H3,(H,47,50)(H,48,51)(H,49,54)(H,52,55). The molecular formula is C46H52N6O3. The molecule has 6 aromatic rings. The van der Waals surface area contributed by atoms with Crippen LogP contribution in [-0.4, -0.2) is 36.9 Å². The van der Waals surface area contributed by atoms with Crippen LogP contribution < -0.4 is 10.6 Å². The fraction of sp³-hybridized carbons (Fsp3) is 0.304. The van der Waals surface area contributed by atoms with Gasteiger partial charge in [-0.15, -0.1) is 0 Å². The number of hydrogen-bond acceptors (Lipinski definition) is 5. The molecule has 0 fully saturated rings. The van der Waals surface area contributed by atoms with Crippen LogP contribution in [0, 0.1) is 16.2 Å². The SMILES string of the molecule is CC(C)(Cc1ccccc1)C(=O)NCc1nc(-c2ccc(-c3ccc(-c4c[nH]c(C(NC(=O)C(C)(C)C(O)c5ccccc5)C(C)(C)C)n4)cc3)cc2)c[nH]1. The molecule has 55 heavy (non-hydrogen) atoms. The van der Waals surface area contributed by atoms with Crippen LogP contribution in [0.1, 0.15) is 83.4 Å². The molecule has 0 radical (unpaired) electrons. The third kappa shape index (κ3) is 9.12. The highest BCUT2D eigenvalue weighted by Crippen LogP contribution is 2.38. The highest BCUT2D eigenvalue weighted by molar-refractivity contribution is 5.83. The number of benzene rings is 4. The van der Waals surface area contributed by atoms with Crippen LogP contribution in [0.5, 0.6) is 0 Å². The van der Waals surface area contributed by atoms with Gasteiger partial charge in [-0.3, -0.25) is 9.59 Å². The van der Waals surface area contributed by atoms with Crippen LogP contribution >= 0.6 is 0 Å². The first kappa shape index (κ1) is 38.9. The van der Waals surface area contributed by atoms with Gasteiger partial charge in [0.25, 0.3) is 0 Å². The maximum Gasteiger partial charge on any atom is 0.229 e. The van der Waals surface area contributed by atoms with E-state index in [4.69, 9.17) is 9.97 Å². The molecule has 2 heterocycles. The van der Waals surface area contributed by atoms with Crippen LogP contribution in [0.25, 0.3) is 33.6 Å². The molecule has 0 bridgehead atoms. The molecule has 0 saturated carbocycles. The topological polar surface area (TPSA) is 136 Å². The van der Waals surface area contributed by atoms with Crippen molar-refractivity contribution in [3.05, 3.63) is 144 Å². The van der Waals surface area contributed by atoms with Crippen molar-refractivity contribution in [1.82, 2.24) is 30.6 Å². The van der Waals surface area contributed by atoms with E-state index in [1.54, 1.807) is 13.8 Å². The second-order valence-corrected chi connectivity index (χ2v) is 16.6. The summed E-state index contributed by atoms with van der Waals surface area (Å²) in [6, 6.07) is 35.4. The van der Waals surface area contributed by atoms with Crippen LogP contribution in [-0.2, 0) is 22.6 Å². The fourth-order valence-electron chi connectivity index (χ4n) is 6.68. The molecular weight excluding hydrogens is 685 g/mol. The van der Waals surface area contributed by atoms with Gasteiger partial charge < -0.3 is 25.7 Å². The smallest absolute Gasteiger partial charge is 0.229 e. The van der Waals surface area contributed by atoms with E-state index in [0.717, 1.165) is 39.2 Å². The number of carbonyl (C=O) groups excluding carboxylic acids is 2. The Labute approximate surface area is 324 Å². The molecule has 284 valence electrons. The van der Waals surface area contributed by atoms with Gasteiger partial charge in [0.1, 0.15) is 11.6 Å². The van der Waals surface area contributed by atoms with Crippen molar-refractivity contribution in [2.24, 2.45) is 16.2 Å². The van der Waals surface area contributed by atoms with Crippen LogP contribution in [0.4, 0.5) is 0 Å². The van der Waals surface area contributed by atoms with Crippen molar-refractivity contribution in [3.63, 3.8) is 0 Å². The minimum Gasteiger partial charge on any atom is -0.387 e. The molecule has 0 saturated heterocycles. The van der Waals surface area contributed by atoms with Crippen molar-refractivity contribution < 1.29 is 14.7 Å². The summed E-state index contributed by atoms with van der Waals surface area (Å²) in [6.45, 7) is 13.9. The first-order chi connectivity index (χ1) is 26.1. The molecule has 0 aliphatic heterocycles. The van der Waals surface area contributed by atoms with Gasteiger partial charge in [-0.05, 0) is 47.9 Å². The number of aromatic nitrogens is 4. The molecule has 0 spiro atoms. The van der Waals surface area contributed by atoms with Gasteiger partial charge in [-0.1, -0.05) is 144 Å². The van der Waals surface area contributed by atoms with Crippen molar-refractivity contribution in [3.8, 4) is 33.6 Å². The Morgan fingerprint density at radius 1 is 0.655 bits per heavy atom. The van der Waals surface area contributed by atoms with Gasteiger partial charge in [-0.2, -0.15) is 0 Å². The second kappa shape index (κ2) is 15.9. The summed E-state index contributed by atoms with van der Waals surface area (Å²) in [6.07, 6.45) is 3.42. The zero-order valence-electron chi connectivity index (χ0n) is 32.8. The maximum atomic E-state index is 13.7. The second-order valence-electron chi connectivity index (χ2n) is 16.6. The Morgan fingerprint density at radius 2 is 1.16 bits per heavy atom. The molecule has 9 heteroatoms. The van der Waals surface area contributed by atoms with Gasteiger partial charge in [-0.25, -0.2) is 9.97 Å². The van der Waals surface area contributed by atoms with E-state index in [-0.39, 0.29) is 17.2 Å². The molecule has 2 unspecified atom stereocenters. The first-order valence-corrected chi connectivity index (χ1v) is 18.8. The van der Waals surface area contributed by atoms with Crippen molar-refractivity contribution in [2.45, 2.75) is 73.6 Å². The normalized spacial score (nSPS) is 13.2. The molecule has 4 aromatic carbocycles. The number of hydrogen-bond donors (Lipinski definition) is 5. The van der Waals surface area contributed by atoms with Gasteiger partial charge in [0.15, 0.2) is 0 Å². The number of imidazole rings is 2. The number of aromatic amines is 2. The molecule has 2 atom stereocenters. The fourth-order valence-corrected chi connectivity index (χ4v) is 6.68. The summed E-state index contributed by atoms with van der Waals surface area (Å²) >= 11 is 0. The number of amides is 2. The quantitative estimate of drug-likeness (QED) is 0.0807.